The Bertz CT molecular complexity index is 580. The molecule has 0 aromatic carbocycles. The molecule has 82 valence electrons. The van der Waals surface area contributed by atoms with Crippen molar-refractivity contribution in [2.75, 3.05) is 6.54 Å². The molecule has 2 aromatic rings. The van der Waals surface area contributed by atoms with Gasteiger partial charge in [-0.15, -0.1) is 0 Å². The smallest absolute Gasteiger partial charge is 0.158 e. The van der Waals surface area contributed by atoms with Crippen molar-refractivity contribution in [1.29, 1.82) is 0 Å². The molecule has 0 bridgehead atoms. The van der Waals surface area contributed by atoms with Gasteiger partial charge in [0.15, 0.2) is 5.65 Å². The van der Waals surface area contributed by atoms with Crippen LogP contribution < -0.4 is 5.32 Å². The van der Waals surface area contributed by atoms with Crippen molar-refractivity contribution in [3.05, 3.63) is 23.7 Å². The molecule has 1 spiro atoms. The van der Waals surface area contributed by atoms with Gasteiger partial charge in [0.1, 0.15) is 5.52 Å². The van der Waals surface area contributed by atoms with Crippen LogP contribution in [-0.2, 0) is 19.0 Å². The summed E-state index contributed by atoms with van der Waals surface area (Å²) in [6.45, 7) is 2.06. The number of fused-ring (bicyclic) bond motifs is 4. The van der Waals surface area contributed by atoms with E-state index in [0.717, 1.165) is 24.3 Å². The molecule has 0 radical (unpaired) electrons. The molecule has 0 amide bonds. The Hall–Kier alpha value is -1.42. The van der Waals surface area contributed by atoms with Gasteiger partial charge in [-0.3, -0.25) is 4.98 Å². The second-order valence-electron chi connectivity index (χ2n) is 4.99. The SMILES string of the molecule is Cn1c2c(c3nccnc31)C1(CC1)CNC2. The van der Waals surface area contributed by atoms with Gasteiger partial charge in [0, 0.05) is 49.2 Å². The van der Waals surface area contributed by atoms with Crippen LogP contribution in [0.15, 0.2) is 12.4 Å². The highest BCUT2D eigenvalue weighted by Crippen LogP contribution is 2.52. The maximum Gasteiger partial charge on any atom is 0.158 e. The average molecular weight is 214 g/mol. The van der Waals surface area contributed by atoms with Gasteiger partial charge in [-0.25, -0.2) is 4.98 Å². The Labute approximate surface area is 93.7 Å². The Balaban J connectivity index is 2.14. The van der Waals surface area contributed by atoms with E-state index in [1.807, 2.05) is 0 Å². The molecule has 1 aliphatic carbocycles. The van der Waals surface area contributed by atoms with Crippen LogP contribution in [-0.4, -0.2) is 21.1 Å². The fourth-order valence-corrected chi connectivity index (χ4v) is 3.04. The highest BCUT2D eigenvalue weighted by molar-refractivity contribution is 5.80. The maximum atomic E-state index is 4.54. The third-order valence-electron chi connectivity index (χ3n) is 4.07. The van der Waals surface area contributed by atoms with Gasteiger partial charge in [0.05, 0.1) is 0 Å². The minimum atomic E-state index is 0.378. The second-order valence-corrected chi connectivity index (χ2v) is 4.99. The minimum Gasteiger partial charge on any atom is -0.330 e. The Morgan fingerprint density at radius 2 is 2.12 bits per heavy atom. The van der Waals surface area contributed by atoms with E-state index in [-0.39, 0.29) is 0 Å². The zero-order valence-corrected chi connectivity index (χ0v) is 9.32. The van der Waals surface area contributed by atoms with Crippen LogP contribution in [0, 0.1) is 0 Å². The van der Waals surface area contributed by atoms with Gasteiger partial charge < -0.3 is 9.88 Å². The van der Waals surface area contributed by atoms with E-state index in [1.165, 1.54) is 24.1 Å². The van der Waals surface area contributed by atoms with Gasteiger partial charge in [-0.1, -0.05) is 0 Å². The number of rotatable bonds is 0. The fourth-order valence-electron chi connectivity index (χ4n) is 3.04. The summed E-state index contributed by atoms with van der Waals surface area (Å²) in [5.41, 5.74) is 5.38. The molecular formula is C12H14N4. The van der Waals surface area contributed by atoms with Gasteiger partial charge >= 0.3 is 0 Å². The van der Waals surface area contributed by atoms with Crippen molar-refractivity contribution in [2.24, 2.45) is 7.05 Å². The lowest BCUT2D eigenvalue weighted by Gasteiger charge is -2.23. The van der Waals surface area contributed by atoms with E-state index in [4.69, 9.17) is 0 Å². The molecule has 0 unspecified atom stereocenters. The van der Waals surface area contributed by atoms with Crippen molar-refractivity contribution in [2.45, 2.75) is 24.8 Å². The maximum absolute atomic E-state index is 4.54. The lowest BCUT2D eigenvalue weighted by molar-refractivity contribution is 0.517. The highest BCUT2D eigenvalue weighted by atomic mass is 15.1. The summed E-state index contributed by atoms with van der Waals surface area (Å²) < 4.78 is 2.20. The fraction of sp³-hybridized carbons (Fsp3) is 0.500. The number of aryl methyl sites for hydroxylation is 1. The molecule has 4 rings (SSSR count). The molecule has 1 aliphatic heterocycles. The molecule has 0 atom stereocenters. The largest absolute Gasteiger partial charge is 0.330 e. The molecule has 1 saturated carbocycles. The van der Waals surface area contributed by atoms with E-state index in [2.05, 4.69) is 26.9 Å². The van der Waals surface area contributed by atoms with E-state index < -0.39 is 0 Å². The monoisotopic (exact) mass is 214 g/mol. The molecular weight excluding hydrogens is 200 g/mol. The van der Waals surface area contributed by atoms with E-state index in [0.29, 0.717) is 5.41 Å². The van der Waals surface area contributed by atoms with Crippen molar-refractivity contribution in [3.8, 4) is 0 Å². The first kappa shape index (κ1) is 8.70. The number of nitrogens with zero attached hydrogens (tertiary/aromatic N) is 3. The molecule has 3 heterocycles. The molecule has 4 heteroatoms. The normalized spacial score (nSPS) is 21.3. The molecule has 4 nitrogen and oxygen atoms in total. The van der Waals surface area contributed by atoms with E-state index >= 15 is 0 Å². The van der Waals surface area contributed by atoms with Gasteiger partial charge in [-0.2, -0.15) is 0 Å². The van der Waals surface area contributed by atoms with E-state index in [9.17, 15) is 0 Å². The predicted molar refractivity (Wildman–Crippen MR) is 61.1 cm³/mol. The summed E-state index contributed by atoms with van der Waals surface area (Å²) in [6, 6.07) is 0. The molecule has 1 fully saturated rings. The van der Waals surface area contributed by atoms with E-state index in [1.54, 1.807) is 12.4 Å². The number of nitrogens with one attached hydrogen (secondary N) is 1. The van der Waals surface area contributed by atoms with Crippen molar-refractivity contribution < 1.29 is 0 Å². The van der Waals surface area contributed by atoms with Crippen LogP contribution in [0.4, 0.5) is 0 Å². The Morgan fingerprint density at radius 3 is 2.94 bits per heavy atom. The third-order valence-corrected chi connectivity index (χ3v) is 4.07. The Morgan fingerprint density at radius 1 is 1.31 bits per heavy atom. The van der Waals surface area contributed by atoms with Gasteiger partial charge in [0.2, 0.25) is 0 Å². The summed E-state index contributed by atoms with van der Waals surface area (Å²) >= 11 is 0. The molecule has 0 saturated heterocycles. The standard InChI is InChI=1S/C12H14N4/c1-16-8-6-13-7-12(2-3-12)9(8)10-11(16)15-5-4-14-10/h4-5,13H,2-3,6-7H2,1H3. The van der Waals surface area contributed by atoms with Crippen LogP contribution in [0.2, 0.25) is 0 Å². The van der Waals surface area contributed by atoms with Crippen LogP contribution >= 0.6 is 0 Å². The summed E-state index contributed by atoms with van der Waals surface area (Å²) in [7, 11) is 2.10. The molecule has 16 heavy (non-hydrogen) atoms. The van der Waals surface area contributed by atoms with Crippen LogP contribution in [0.25, 0.3) is 11.2 Å². The zero-order chi connectivity index (χ0) is 10.8. The zero-order valence-electron chi connectivity index (χ0n) is 9.32. The third kappa shape index (κ3) is 0.888. The highest BCUT2D eigenvalue weighted by Gasteiger charge is 2.49. The second kappa shape index (κ2) is 2.63. The summed E-state index contributed by atoms with van der Waals surface area (Å²) in [5, 5.41) is 3.52. The average Bonchev–Trinajstić information content (AvgIpc) is 3.01. The van der Waals surface area contributed by atoms with Crippen LogP contribution in [0.3, 0.4) is 0 Å². The summed E-state index contributed by atoms with van der Waals surface area (Å²) in [5.74, 6) is 0. The first-order chi connectivity index (χ1) is 7.82. The molecule has 1 N–H and O–H groups in total. The van der Waals surface area contributed by atoms with Crippen molar-refractivity contribution >= 4 is 11.2 Å². The number of aromatic nitrogens is 3. The lowest BCUT2D eigenvalue weighted by atomic mass is 9.92. The van der Waals surface area contributed by atoms with Gasteiger partial charge in [0.25, 0.3) is 0 Å². The van der Waals surface area contributed by atoms with Gasteiger partial charge in [-0.05, 0) is 12.8 Å². The minimum absolute atomic E-state index is 0.378. The number of hydrogen-bond acceptors (Lipinski definition) is 3. The summed E-state index contributed by atoms with van der Waals surface area (Å²) in [4.78, 5) is 8.99. The van der Waals surface area contributed by atoms with Crippen molar-refractivity contribution in [3.63, 3.8) is 0 Å². The molecule has 2 aromatic heterocycles. The molecule has 2 aliphatic rings. The van der Waals surface area contributed by atoms with Crippen LogP contribution in [0.5, 0.6) is 0 Å². The topological polar surface area (TPSA) is 42.7 Å². The van der Waals surface area contributed by atoms with Crippen molar-refractivity contribution in [1.82, 2.24) is 19.9 Å². The predicted octanol–water partition coefficient (Wildman–Crippen LogP) is 1.10. The lowest BCUT2D eigenvalue weighted by Crippen LogP contribution is -2.33. The first-order valence-corrected chi connectivity index (χ1v) is 5.81. The Kier molecular flexibility index (Phi) is 1.43. The number of hydrogen-bond donors (Lipinski definition) is 1. The quantitative estimate of drug-likeness (QED) is 0.714. The summed E-state index contributed by atoms with van der Waals surface area (Å²) in [6.07, 6.45) is 6.17. The van der Waals surface area contributed by atoms with Crippen LogP contribution in [0.1, 0.15) is 24.1 Å². The first-order valence-electron chi connectivity index (χ1n) is 5.81.